The Balaban J connectivity index is 1.91. The molecular formula is C16H20ClN3. The standard InChI is InChI=1S/C16H20ClN3/c1-20-16(9-12-5-4-8-18-10-12)14(11-19-20)13-6-2-3-7-15(13)17/h2-3,6-7,11-12,18H,4-5,8-10H2,1H3. The third-order valence-corrected chi connectivity index (χ3v) is 4.44. The average molecular weight is 290 g/mol. The maximum absolute atomic E-state index is 6.33. The molecule has 1 unspecified atom stereocenters. The fraction of sp³-hybridized carbons (Fsp3) is 0.438. The van der Waals surface area contributed by atoms with Crippen molar-refractivity contribution >= 4 is 11.6 Å². The van der Waals surface area contributed by atoms with Gasteiger partial charge in [-0.15, -0.1) is 0 Å². The number of rotatable bonds is 3. The zero-order chi connectivity index (χ0) is 13.9. The van der Waals surface area contributed by atoms with Crippen LogP contribution in [0.5, 0.6) is 0 Å². The van der Waals surface area contributed by atoms with Crippen molar-refractivity contribution in [2.75, 3.05) is 13.1 Å². The summed E-state index contributed by atoms with van der Waals surface area (Å²) in [4.78, 5) is 0. The van der Waals surface area contributed by atoms with Crippen LogP contribution in [0.15, 0.2) is 30.5 Å². The molecule has 0 amide bonds. The minimum Gasteiger partial charge on any atom is -0.316 e. The lowest BCUT2D eigenvalue weighted by Crippen LogP contribution is -2.31. The Kier molecular flexibility index (Phi) is 4.08. The topological polar surface area (TPSA) is 29.9 Å². The largest absolute Gasteiger partial charge is 0.316 e. The summed E-state index contributed by atoms with van der Waals surface area (Å²) in [5, 5.41) is 8.71. The molecule has 4 heteroatoms. The summed E-state index contributed by atoms with van der Waals surface area (Å²) in [5.41, 5.74) is 3.54. The van der Waals surface area contributed by atoms with E-state index in [2.05, 4.69) is 16.5 Å². The van der Waals surface area contributed by atoms with Gasteiger partial charge in [-0.25, -0.2) is 0 Å². The fourth-order valence-corrected chi connectivity index (χ4v) is 3.22. The fourth-order valence-electron chi connectivity index (χ4n) is 2.98. The maximum Gasteiger partial charge on any atom is 0.0571 e. The molecule has 0 saturated carbocycles. The highest BCUT2D eigenvalue weighted by Crippen LogP contribution is 2.31. The van der Waals surface area contributed by atoms with Gasteiger partial charge in [0.25, 0.3) is 0 Å². The molecule has 0 radical (unpaired) electrons. The third kappa shape index (κ3) is 2.74. The molecule has 0 bridgehead atoms. The molecule has 3 rings (SSSR count). The molecular weight excluding hydrogens is 270 g/mol. The molecule has 1 aliphatic heterocycles. The van der Waals surface area contributed by atoms with E-state index in [1.165, 1.54) is 24.1 Å². The van der Waals surface area contributed by atoms with Crippen molar-refractivity contribution in [3.05, 3.63) is 41.2 Å². The van der Waals surface area contributed by atoms with Crippen molar-refractivity contribution in [3.63, 3.8) is 0 Å². The molecule has 1 N–H and O–H groups in total. The molecule has 0 aliphatic carbocycles. The second-order valence-electron chi connectivity index (χ2n) is 5.52. The number of aromatic nitrogens is 2. The van der Waals surface area contributed by atoms with E-state index < -0.39 is 0 Å². The van der Waals surface area contributed by atoms with Crippen molar-refractivity contribution in [1.29, 1.82) is 0 Å². The predicted molar refractivity (Wildman–Crippen MR) is 83.0 cm³/mol. The van der Waals surface area contributed by atoms with E-state index in [0.717, 1.165) is 30.1 Å². The molecule has 1 aromatic heterocycles. The van der Waals surface area contributed by atoms with E-state index in [-0.39, 0.29) is 0 Å². The first-order chi connectivity index (χ1) is 9.75. The molecule has 2 heterocycles. The molecule has 1 fully saturated rings. The number of hydrogen-bond acceptors (Lipinski definition) is 2. The Morgan fingerprint density at radius 1 is 1.35 bits per heavy atom. The first-order valence-corrected chi connectivity index (χ1v) is 7.60. The Hall–Kier alpha value is -1.32. The smallest absolute Gasteiger partial charge is 0.0571 e. The van der Waals surface area contributed by atoms with Crippen molar-refractivity contribution in [1.82, 2.24) is 15.1 Å². The van der Waals surface area contributed by atoms with Crippen LogP contribution in [0.1, 0.15) is 18.5 Å². The van der Waals surface area contributed by atoms with Crippen molar-refractivity contribution in [2.24, 2.45) is 13.0 Å². The summed E-state index contributed by atoms with van der Waals surface area (Å²) in [6.45, 7) is 2.26. The average Bonchev–Trinajstić information content (AvgIpc) is 2.82. The summed E-state index contributed by atoms with van der Waals surface area (Å²) in [6, 6.07) is 8.00. The number of aryl methyl sites for hydroxylation is 1. The van der Waals surface area contributed by atoms with Crippen LogP contribution in [-0.4, -0.2) is 22.9 Å². The summed E-state index contributed by atoms with van der Waals surface area (Å²) in [6.07, 6.45) is 5.56. The number of benzene rings is 1. The van der Waals surface area contributed by atoms with Gasteiger partial charge in [-0.3, -0.25) is 4.68 Å². The van der Waals surface area contributed by atoms with E-state index in [4.69, 9.17) is 11.6 Å². The lowest BCUT2D eigenvalue weighted by atomic mass is 9.92. The van der Waals surface area contributed by atoms with E-state index >= 15 is 0 Å². The minimum absolute atomic E-state index is 0.695. The molecule has 1 aliphatic rings. The summed E-state index contributed by atoms with van der Waals surface area (Å²) < 4.78 is 1.99. The van der Waals surface area contributed by atoms with Crippen LogP contribution >= 0.6 is 11.6 Å². The Bertz CT molecular complexity index is 585. The normalized spacial score (nSPS) is 19.2. The predicted octanol–water partition coefficient (Wildman–Crippen LogP) is 3.28. The lowest BCUT2D eigenvalue weighted by Gasteiger charge is -2.23. The zero-order valence-corrected chi connectivity index (χ0v) is 12.5. The Morgan fingerprint density at radius 3 is 2.95 bits per heavy atom. The maximum atomic E-state index is 6.33. The van der Waals surface area contributed by atoms with Crippen LogP contribution in [0.3, 0.4) is 0 Å². The van der Waals surface area contributed by atoms with E-state index in [0.29, 0.717) is 5.92 Å². The molecule has 106 valence electrons. The van der Waals surface area contributed by atoms with Gasteiger partial charge in [-0.2, -0.15) is 5.10 Å². The quantitative estimate of drug-likeness (QED) is 0.940. The van der Waals surface area contributed by atoms with E-state index in [1.54, 1.807) is 0 Å². The van der Waals surface area contributed by atoms with Crippen LogP contribution in [-0.2, 0) is 13.5 Å². The number of hydrogen-bond donors (Lipinski definition) is 1. The van der Waals surface area contributed by atoms with Gasteiger partial charge in [0.05, 0.1) is 6.20 Å². The van der Waals surface area contributed by atoms with E-state index in [9.17, 15) is 0 Å². The molecule has 3 nitrogen and oxygen atoms in total. The SMILES string of the molecule is Cn1ncc(-c2ccccc2Cl)c1CC1CCCNC1. The molecule has 1 atom stereocenters. The molecule has 1 saturated heterocycles. The lowest BCUT2D eigenvalue weighted by molar-refractivity contribution is 0.370. The second-order valence-corrected chi connectivity index (χ2v) is 5.93. The highest BCUT2D eigenvalue weighted by atomic mass is 35.5. The van der Waals surface area contributed by atoms with Crippen LogP contribution in [0.4, 0.5) is 0 Å². The highest BCUT2D eigenvalue weighted by molar-refractivity contribution is 6.33. The molecule has 0 spiro atoms. The number of piperidine rings is 1. The summed E-state index contributed by atoms with van der Waals surface area (Å²) >= 11 is 6.33. The molecule has 20 heavy (non-hydrogen) atoms. The third-order valence-electron chi connectivity index (χ3n) is 4.11. The first kappa shape index (κ1) is 13.7. The van der Waals surface area contributed by atoms with Gasteiger partial charge in [0, 0.05) is 28.9 Å². The van der Waals surface area contributed by atoms with Gasteiger partial charge in [-0.1, -0.05) is 29.8 Å². The van der Waals surface area contributed by atoms with Gasteiger partial charge in [-0.05, 0) is 44.3 Å². The monoisotopic (exact) mass is 289 g/mol. The van der Waals surface area contributed by atoms with Gasteiger partial charge in [0.1, 0.15) is 0 Å². The summed E-state index contributed by atoms with van der Waals surface area (Å²) in [7, 11) is 2.02. The van der Waals surface area contributed by atoms with Crippen LogP contribution < -0.4 is 5.32 Å². The van der Waals surface area contributed by atoms with Crippen LogP contribution in [0.2, 0.25) is 5.02 Å². The van der Waals surface area contributed by atoms with Gasteiger partial charge in [0.2, 0.25) is 0 Å². The van der Waals surface area contributed by atoms with Crippen LogP contribution in [0.25, 0.3) is 11.1 Å². The van der Waals surface area contributed by atoms with Gasteiger partial charge < -0.3 is 5.32 Å². The Labute approximate surface area is 124 Å². The van der Waals surface area contributed by atoms with Gasteiger partial charge >= 0.3 is 0 Å². The van der Waals surface area contributed by atoms with Crippen molar-refractivity contribution in [3.8, 4) is 11.1 Å². The Morgan fingerprint density at radius 2 is 2.20 bits per heavy atom. The van der Waals surface area contributed by atoms with Gasteiger partial charge in [0.15, 0.2) is 0 Å². The first-order valence-electron chi connectivity index (χ1n) is 7.22. The van der Waals surface area contributed by atoms with E-state index in [1.807, 2.05) is 36.1 Å². The number of nitrogens with one attached hydrogen (secondary N) is 1. The number of nitrogens with zero attached hydrogens (tertiary/aromatic N) is 2. The summed E-state index contributed by atoms with van der Waals surface area (Å²) in [5.74, 6) is 0.695. The second kappa shape index (κ2) is 5.98. The minimum atomic E-state index is 0.695. The number of halogens is 1. The molecule has 1 aromatic carbocycles. The molecule has 2 aromatic rings. The zero-order valence-electron chi connectivity index (χ0n) is 11.8. The highest BCUT2D eigenvalue weighted by Gasteiger charge is 2.19. The van der Waals surface area contributed by atoms with Crippen molar-refractivity contribution in [2.45, 2.75) is 19.3 Å². The van der Waals surface area contributed by atoms with Crippen LogP contribution in [0, 0.1) is 5.92 Å². The van der Waals surface area contributed by atoms with Crippen molar-refractivity contribution < 1.29 is 0 Å².